The smallest absolute Gasteiger partial charge is 0.160 e. The first-order valence-corrected chi connectivity index (χ1v) is 5.04. The Morgan fingerprint density at radius 3 is 2.69 bits per heavy atom. The van der Waals surface area contributed by atoms with E-state index in [0.717, 1.165) is 30.2 Å². The fourth-order valence-corrected chi connectivity index (χ4v) is 1.78. The van der Waals surface area contributed by atoms with Gasteiger partial charge >= 0.3 is 5.51 Å². The van der Waals surface area contributed by atoms with Crippen LogP contribution in [-0.4, -0.2) is 5.51 Å². The summed E-state index contributed by atoms with van der Waals surface area (Å²) in [5.41, 5.74) is -3.40. The predicted molar refractivity (Wildman–Crippen MR) is 49.5 cm³/mol. The molecular weight excluding hydrogens is 221 g/mol. The van der Waals surface area contributed by atoms with Crippen LogP contribution in [0.25, 0.3) is 0 Å². The predicted octanol–water partition coefficient (Wildman–Crippen LogP) is 4.43. The summed E-state index contributed by atoms with van der Waals surface area (Å²) >= 11 is 5.46. The molecule has 0 aromatic rings. The van der Waals surface area contributed by atoms with Crippen molar-refractivity contribution in [1.29, 1.82) is 0 Å². The Labute approximate surface area is 83.8 Å². The minimum atomic E-state index is -4.24. The molecule has 0 aromatic heterocycles. The van der Waals surface area contributed by atoms with E-state index in [4.69, 9.17) is 11.6 Å². The van der Waals surface area contributed by atoms with Crippen LogP contribution in [0.4, 0.5) is 13.2 Å². The van der Waals surface area contributed by atoms with Crippen LogP contribution in [0, 0.1) is 0 Å². The lowest BCUT2D eigenvalue weighted by molar-refractivity contribution is -0.0320. The Bertz CT molecular complexity index is 242. The molecule has 0 N–H and O–H groups in total. The summed E-state index contributed by atoms with van der Waals surface area (Å²) in [5.74, 6) is 0. The Balaban J connectivity index is 2.51. The molecule has 0 spiro atoms. The van der Waals surface area contributed by atoms with E-state index in [0.29, 0.717) is 0 Å². The zero-order chi connectivity index (χ0) is 9.90. The van der Waals surface area contributed by atoms with Crippen LogP contribution in [0.1, 0.15) is 19.3 Å². The first-order valence-electron chi connectivity index (χ1n) is 3.78. The van der Waals surface area contributed by atoms with Crippen molar-refractivity contribution < 1.29 is 13.2 Å². The van der Waals surface area contributed by atoms with E-state index in [1.165, 1.54) is 0 Å². The Kier molecular flexibility index (Phi) is 3.74. The van der Waals surface area contributed by atoms with Crippen LogP contribution in [0.3, 0.4) is 0 Å². The van der Waals surface area contributed by atoms with Crippen molar-refractivity contribution in [2.45, 2.75) is 24.8 Å². The molecule has 0 amide bonds. The van der Waals surface area contributed by atoms with Gasteiger partial charge in [0, 0.05) is 0 Å². The summed E-state index contributed by atoms with van der Waals surface area (Å²) in [6, 6.07) is 0. The van der Waals surface area contributed by atoms with Crippen molar-refractivity contribution in [3.63, 3.8) is 0 Å². The molecule has 1 aliphatic rings. The molecule has 0 unspecified atom stereocenters. The molecule has 0 radical (unpaired) electrons. The van der Waals surface area contributed by atoms with Gasteiger partial charge in [0.1, 0.15) is 0 Å². The second-order valence-electron chi connectivity index (χ2n) is 2.65. The van der Waals surface area contributed by atoms with E-state index < -0.39 is 5.51 Å². The van der Waals surface area contributed by atoms with Crippen LogP contribution in [0.5, 0.6) is 0 Å². The highest BCUT2D eigenvalue weighted by Crippen LogP contribution is 2.35. The lowest BCUT2D eigenvalue weighted by Gasteiger charge is -2.02. The van der Waals surface area contributed by atoms with Gasteiger partial charge in [-0.25, -0.2) is 0 Å². The monoisotopic (exact) mass is 228 g/mol. The van der Waals surface area contributed by atoms with E-state index in [1.807, 2.05) is 6.08 Å². The molecule has 0 fully saturated rings. The largest absolute Gasteiger partial charge is 0.445 e. The minimum absolute atomic E-state index is 0.206. The van der Waals surface area contributed by atoms with Crippen LogP contribution >= 0.6 is 23.4 Å². The quantitative estimate of drug-likeness (QED) is 0.674. The lowest BCUT2D eigenvalue weighted by atomic mass is 10.2. The van der Waals surface area contributed by atoms with Gasteiger partial charge in [0.25, 0.3) is 0 Å². The highest BCUT2D eigenvalue weighted by Gasteiger charge is 2.27. The van der Waals surface area contributed by atoms with Crippen molar-refractivity contribution in [3.05, 3.63) is 22.1 Å². The van der Waals surface area contributed by atoms with Crippen molar-refractivity contribution in [2.75, 3.05) is 0 Å². The molecule has 1 rings (SSSR count). The third kappa shape index (κ3) is 4.09. The summed E-state index contributed by atoms with van der Waals surface area (Å²) in [4.78, 5) is 0. The highest BCUT2D eigenvalue weighted by atomic mass is 35.5. The molecular formula is C8H8ClF3S. The molecule has 1 aliphatic carbocycles. The van der Waals surface area contributed by atoms with E-state index in [9.17, 15) is 13.2 Å². The standard InChI is InChI=1S/C8H8ClF3S/c9-7(5-13-8(10,11)12)6-3-1-2-4-6/h3,5H,1-2,4H2/b7-5+. The molecule has 0 atom stereocenters. The number of thioether (sulfide) groups is 1. The van der Waals surface area contributed by atoms with E-state index in [2.05, 4.69) is 0 Å². The fourth-order valence-electron chi connectivity index (χ4n) is 1.08. The van der Waals surface area contributed by atoms with Crippen molar-refractivity contribution >= 4 is 23.4 Å². The van der Waals surface area contributed by atoms with Gasteiger partial charge in [-0.05, 0) is 42.0 Å². The molecule has 74 valence electrons. The summed E-state index contributed by atoms with van der Waals surface area (Å²) in [7, 11) is 0. The van der Waals surface area contributed by atoms with Gasteiger partial charge in [-0.3, -0.25) is 0 Å². The maximum absolute atomic E-state index is 11.7. The number of halogens is 4. The van der Waals surface area contributed by atoms with Crippen molar-refractivity contribution in [2.24, 2.45) is 0 Å². The summed E-state index contributed by atoms with van der Waals surface area (Å²) in [6.45, 7) is 0. The van der Waals surface area contributed by atoms with Gasteiger partial charge in [-0.2, -0.15) is 13.2 Å². The van der Waals surface area contributed by atoms with Gasteiger partial charge in [0.2, 0.25) is 0 Å². The minimum Gasteiger partial charge on any atom is -0.160 e. The van der Waals surface area contributed by atoms with Gasteiger partial charge in [-0.1, -0.05) is 17.7 Å². The SMILES string of the molecule is FC(F)(F)S/C=C(/Cl)C1=CCCC1. The second-order valence-corrected chi connectivity index (χ2v) is 3.99. The Hall–Kier alpha value is -0.0900. The maximum Gasteiger partial charge on any atom is 0.445 e. The molecule has 13 heavy (non-hydrogen) atoms. The Morgan fingerprint density at radius 2 is 2.23 bits per heavy atom. The first-order chi connectivity index (χ1) is 5.99. The zero-order valence-electron chi connectivity index (χ0n) is 6.70. The molecule has 0 aromatic carbocycles. The summed E-state index contributed by atoms with van der Waals surface area (Å²) in [6.07, 6.45) is 4.57. The van der Waals surface area contributed by atoms with Crippen LogP contribution in [0.2, 0.25) is 0 Å². The van der Waals surface area contributed by atoms with Gasteiger partial charge in [0.05, 0.1) is 5.03 Å². The third-order valence-electron chi connectivity index (χ3n) is 1.64. The average molecular weight is 229 g/mol. The van der Waals surface area contributed by atoms with Crippen molar-refractivity contribution in [3.8, 4) is 0 Å². The van der Waals surface area contributed by atoms with Crippen LogP contribution in [-0.2, 0) is 0 Å². The second kappa shape index (κ2) is 4.42. The molecule has 0 bridgehead atoms. The van der Waals surface area contributed by atoms with Crippen molar-refractivity contribution in [1.82, 2.24) is 0 Å². The molecule has 0 aliphatic heterocycles. The summed E-state index contributed by atoms with van der Waals surface area (Å²) < 4.78 is 35.2. The van der Waals surface area contributed by atoms with Crippen LogP contribution < -0.4 is 0 Å². The number of allylic oxidation sites excluding steroid dienone is 3. The molecule has 0 saturated heterocycles. The number of alkyl halides is 3. The molecule has 0 heterocycles. The highest BCUT2D eigenvalue weighted by molar-refractivity contribution is 8.03. The Morgan fingerprint density at radius 1 is 1.54 bits per heavy atom. The molecule has 0 saturated carbocycles. The maximum atomic E-state index is 11.7. The zero-order valence-corrected chi connectivity index (χ0v) is 8.27. The number of hydrogen-bond donors (Lipinski definition) is 0. The van der Waals surface area contributed by atoms with Gasteiger partial charge in [-0.15, -0.1) is 0 Å². The normalized spacial score (nSPS) is 19.1. The van der Waals surface area contributed by atoms with E-state index >= 15 is 0 Å². The average Bonchev–Trinajstić information content (AvgIpc) is 2.50. The summed E-state index contributed by atoms with van der Waals surface area (Å²) in [5, 5.41) is 1.18. The van der Waals surface area contributed by atoms with E-state index in [-0.39, 0.29) is 16.8 Å². The van der Waals surface area contributed by atoms with Crippen LogP contribution in [0.15, 0.2) is 22.1 Å². The number of hydrogen-bond acceptors (Lipinski definition) is 1. The van der Waals surface area contributed by atoms with Gasteiger partial charge in [0.15, 0.2) is 0 Å². The molecule has 0 nitrogen and oxygen atoms in total. The fraction of sp³-hybridized carbons (Fsp3) is 0.500. The lowest BCUT2D eigenvalue weighted by Crippen LogP contribution is -1.96. The topological polar surface area (TPSA) is 0 Å². The van der Waals surface area contributed by atoms with Gasteiger partial charge < -0.3 is 0 Å². The van der Waals surface area contributed by atoms with E-state index in [1.54, 1.807) is 0 Å². The third-order valence-corrected chi connectivity index (χ3v) is 2.75. The molecule has 5 heteroatoms. The first kappa shape index (κ1) is 11.0. The number of rotatable bonds is 2.